The van der Waals surface area contributed by atoms with E-state index in [2.05, 4.69) is 20.2 Å². The first-order chi connectivity index (χ1) is 20.5. The van der Waals surface area contributed by atoms with Gasteiger partial charge in [-0.25, -0.2) is 18.5 Å². The summed E-state index contributed by atoms with van der Waals surface area (Å²) in [6.45, 7) is 2.36. The lowest BCUT2D eigenvalue weighted by atomic mass is 9.81. The lowest BCUT2D eigenvalue weighted by Crippen LogP contribution is -2.50. The fourth-order valence-electron chi connectivity index (χ4n) is 4.85. The first-order valence-corrected chi connectivity index (χ1v) is 16.4. The number of aliphatic hydroxyl groups excluding tert-OH is 1. The Morgan fingerprint density at radius 1 is 1.37 bits per heavy atom. The molecule has 1 fully saturated rings. The second-order valence-corrected chi connectivity index (χ2v) is 12.6. The van der Waals surface area contributed by atoms with Crippen LogP contribution in [0.1, 0.15) is 26.0 Å². The molecule has 0 radical (unpaired) electrons. The van der Waals surface area contributed by atoms with Crippen LogP contribution in [0.2, 0.25) is 0 Å². The van der Waals surface area contributed by atoms with E-state index < -0.39 is 49.8 Å². The molecule has 4 rings (SSSR count). The number of aliphatic hydroxyl groups is 1. The van der Waals surface area contributed by atoms with Crippen molar-refractivity contribution in [3.05, 3.63) is 54.5 Å². The quantitative estimate of drug-likeness (QED) is 0.134. The van der Waals surface area contributed by atoms with Gasteiger partial charge in [0.05, 0.1) is 18.9 Å². The van der Waals surface area contributed by atoms with Crippen molar-refractivity contribution in [2.24, 2.45) is 4.99 Å². The molecular weight excluding hydrogens is 602 g/mol. The number of thioether (sulfide) groups is 1. The van der Waals surface area contributed by atoms with Gasteiger partial charge in [0.1, 0.15) is 35.8 Å². The monoisotopic (exact) mass is 638 g/mol. The summed E-state index contributed by atoms with van der Waals surface area (Å²) in [6, 6.07) is 10.3. The molecule has 3 heterocycles. The van der Waals surface area contributed by atoms with Gasteiger partial charge >= 0.3 is 13.7 Å². The maximum absolute atomic E-state index is 16.7. The van der Waals surface area contributed by atoms with Crippen LogP contribution < -0.4 is 15.3 Å². The number of carbonyl (C=O) groups is 1. The van der Waals surface area contributed by atoms with Crippen molar-refractivity contribution in [1.82, 2.24) is 19.7 Å². The van der Waals surface area contributed by atoms with Crippen LogP contribution in [-0.4, -0.2) is 88.1 Å². The third kappa shape index (κ3) is 6.71. The van der Waals surface area contributed by atoms with Crippen LogP contribution in [0.15, 0.2) is 53.8 Å². The number of carbonyl (C=O) groups excluding carboxylic acids is 1. The molecule has 4 N–H and O–H groups in total. The highest BCUT2D eigenvalue weighted by Gasteiger charge is 2.65. The summed E-state index contributed by atoms with van der Waals surface area (Å²) in [5.74, 6) is 0.264. The van der Waals surface area contributed by atoms with E-state index in [1.165, 1.54) is 42.8 Å². The van der Waals surface area contributed by atoms with Crippen LogP contribution in [0.3, 0.4) is 0 Å². The molecule has 1 unspecified atom stereocenters. The van der Waals surface area contributed by atoms with E-state index >= 15 is 4.39 Å². The zero-order chi connectivity index (χ0) is 31.3. The number of fused-ring (bicyclic) bond motifs is 1. The summed E-state index contributed by atoms with van der Waals surface area (Å²) in [6.07, 6.45) is 1.43. The van der Waals surface area contributed by atoms with Gasteiger partial charge in [-0.05, 0) is 56.5 Å². The SMILES string of the molecule is CCOC(=O)[C@H](CCSC)NP(=O)(OC[C@H]1O[C@@](C=NC)(c2ccc3c(N)ncnn23)[C@](C)(F)[C@@H]1O)Oc1ccccc1. The summed E-state index contributed by atoms with van der Waals surface area (Å²) in [5.41, 5.74) is 2.14. The average Bonchev–Trinajstić information content (AvgIpc) is 3.50. The molecule has 0 amide bonds. The highest BCUT2D eigenvalue weighted by atomic mass is 32.2. The molecule has 13 nitrogen and oxygen atoms in total. The smallest absolute Gasteiger partial charge is 0.459 e. The summed E-state index contributed by atoms with van der Waals surface area (Å²) >= 11 is 1.49. The van der Waals surface area contributed by atoms with Crippen molar-refractivity contribution in [3.8, 4) is 5.75 Å². The fourth-order valence-corrected chi connectivity index (χ4v) is 6.86. The Morgan fingerprint density at radius 3 is 2.79 bits per heavy atom. The molecule has 0 saturated carbocycles. The Bertz CT molecular complexity index is 1480. The Kier molecular flexibility index (Phi) is 10.5. The fraction of sp³-hybridized carbons (Fsp3) is 0.481. The van der Waals surface area contributed by atoms with Gasteiger partial charge in [0.15, 0.2) is 17.1 Å². The molecule has 2 aromatic heterocycles. The zero-order valence-electron chi connectivity index (χ0n) is 24.3. The number of nitrogens with zero attached hydrogens (tertiary/aromatic N) is 4. The first-order valence-electron chi connectivity index (χ1n) is 13.5. The molecule has 1 aromatic carbocycles. The van der Waals surface area contributed by atoms with Crippen LogP contribution in [0.25, 0.3) is 5.52 Å². The molecule has 0 aliphatic carbocycles. The number of halogens is 1. The maximum atomic E-state index is 16.7. The van der Waals surface area contributed by atoms with Crippen LogP contribution in [0, 0.1) is 0 Å². The zero-order valence-corrected chi connectivity index (χ0v) is 26.0. The normalized spacial score (nSPS) is 26.0. The summed E-state index contributed by atoms with van der Waals surface area (Å²) < 4.78 is 55.1. The van der Waals surface area contributed by atoms with Crippen molar-refractivity contribution >= 4 is 43.0 Å². The Hall–Kier alpha value is -3.07. The predicted octanol–water partition coefficient (Wildman–Crippen LogP) is 3.17. The van der Waals surface area contributed by atoms with Gasteiger partial charge in [0.2, 0.25) is 0 Å². The van der Waals surface area contributed by atoms with E-state index in [4.69, 9.17) is 24.3 Å². The second-order valence-electron chi connectivity index (χ2n) is 9.87. The van der Waals surface area contributed by atoms with Gasteiger partial charge in [0, 0.05) is 13.3 Å². The van der Waals surface area contributed by atoms with Gasteiger partial charge in [-0.1, -0.05) is 18.2 Å². The van der Waals surface area contributed by atoms with E-state index in [9.17, 15) is 14.5 Å². The molecule has 0 bridgehead atoms. The Labute approximate surface area is 252 Å². The van der Waals surface area contributed by atoms with Crippen molar-refractivity contribution in [1.29, 1.82) is 0 Å². The number of alkyl halides is 1. The molecule has 16 heteroatoms. The van der Waals surface area contributed by atoms with E-state index in [1.54, 1.807) is 49.4 Å². The maximum Gasteiger partial charge on any atom is 0.459 e. The minimum atomic E-state index is -4.35. The van der Waals surface area contributed by atoms with Crippen LogP contribution in [0.5, 0.6) is 5.75 Å². The average molecular weight is 639 g/mol. The number of hydrogen-bond donors (Lipinski definition) is 3. The number of rotatable bonds is 14. The lowest BCUT2D eigenvalue weighted by Gasteiger charge is -2.33. The number of nitrogens with two attached hydrogens (primary N) is 1. The number of para-hydroxylation sites is 1. The number of aliphatic imine (C=N–C) groups is 1. The van der Waals surface area contributed by atoms with E-state index in [-0.39, 0.29) is 30.3 Å². The Balaban J connectivity index is 1.66. The molecule has 234 valence electrons. The number of esters is 1. The third-order valence-electron chi connectivity index (χ3n) is 7.02. The number of benzene rings is 1. The number of nitrogen functional groups attached to an aromatic ring is 1. The van der Waals surface area contributed by atoms with Crippen LogP contribution in [-0.2, 0) is 29.0 Å². The number of aromatic nitrogens is 3. The summed E-state index contributed by atoms with van der Waals surface area (Å²) in [5, 5.41) is 18.1. The van der Waals surface area contributed by atoms with Crippen molar-refractivity contribution < 1.29 is 37.4 Å². The van der Waals surface area contributed by atoms with Gasteiger partial charge in [-0.2, -0.15) is 21.9 Å². The van der Waals surface area contributed by atoms with Crippen molar-refractivity contribution in [3.63, 3.8) is 0 Å². The Morgan fingerprint density at radius 2 is 2.12 bits per heavy atom. The van der Waals surface area contributed by atoms with E-state index in [0.717, 1.165) is 0 Å². The molecule has 0 spiro atoms. The molecule has 3 aromatic rings. The van der Waals surface area contributed by atoms with Gasteiger partial charge < -0.3 is 24.8 Å². The minimum Gasteiger partial charge on any atom is -0.465 e. The molecule has 6 atom stereocenters. The second kappa shape index (κ2) is 13.7. The van der Waals surface area contributed by atoms with Crippen LogP contribution in [0.4, 0.5) is 10.2 Å². The van der Waals surface area contributed by atoms with Crippen LogP contribution >= 0.6 is 19.5 Å². The number of ether oxygens (including phenoxy) is 2. The molecular formula is C27H36FN6O7PS. The first kappa shape index (κ1) is 32.8. The predicted molar refractivity (Wildman–Crippen MR) is 161 cm³/mol. The molecule has 1 aliphatic rings. The highest BCUT2D eigenvalue weighted by molar-refractivity contribution is 7.98. The van der Waals surface area contributed by atoms with E-state index in [0.29, 0.717) is 11.3 Å². The number of hydrogen-bond acceptors (Lipinski definition) is 12. The molecule has 43 heavy (non-hydrogen) atoms. The lowest BCUT2D eigenvalue weighted by molar-refractivity contribution is -0.145. The van der Waals surface area contributed by atoms with Gasteiger partial charge in [-0.15, -0.1) is 0 Å². The minimum absolute atomic E-state index is 0.115. The van der Waals surface area contributed by atoms with E-state index in [1.807, 2.05) is 6.26 Å². The largest absolute Gasteiger partial charge is 0.465 e. The van der Waals surface area contributed by atoms with Crippen molar-refractivity contribution in [2.75, 3.05) is 38.0 Å². The van der Waals surface area contributed by atoms with Gasteiger partial charge in [-0.3, -0.25) is 14.3 Å². The summed E-state index contributed by atoms with van der Waals surface area (Å²) in [4.78, 5) is 20.7. The number of anilines is 1. The van der Waals surface area contributed by atoms with Crippen molar-refractivity contribution in [2.45, 2.75) is 49.8 Å². The number of nitrogens with one attached hydrogen (secondary N) is 1. The topological polar surface area (TPSA) is 172 Å². The summed E-state index contributed by atoms with van der Waals surface area (Å²) in [7, 11) is -2.91. The molecule has 1 saturated heterocycles. The standard InChI is InChI=1S/C27H36FN6O7PS/c1-5-38-25(36)19(13-14-43-4)33-42(37,41-18-9-7-6-8-10-18)39-15-21-23(35)26(2,28)27(40-21,16-30-3)22-12-11-20-24(29)31-17-32-34(20)22/h6-12,16-17,19,21,23,35H,5,13-15H2,1-4H3,(H,33,37)(H2,29,31,32)/t19-,21+,23+,26+,27-,42?/m0/s1. The highest BCUT2D eigenvalue weighted by Crippen LogP contribution is 2.51. The van der Waals surface area contributed by atoms with Gasteiger partial charge in [0.25, 0.3) is 0 Å². The molecule has 1 aliphatic heterocycles. The third-order valence-corrected chi connectivity index (χ3v) is 9.23.